The number of nitriles is 1. The van der Waals surface area contributed by atoms with E-state index in [9.17, 15) is 0 Å². The Balaban J connectivity index is 1.87. The third kappa shape index (κ3) is 2.33. The standard InChI is InChI=1S/C15H12N2O/c16-9-11-4-7-15(17-10-11)12-2-1-3-14(8-12)18-13-5-6-13/h1-4,7-8,10,13H,5-6H2. The highest BCUT2D eigenvalue weighted by Crippen LogP contribution is 2.29. The van der Waals surface area contributed by atoms with Gasteiger partial charge in [-0.05, 0) is 37.1 Å². The van der Waals surface area contributed by atoms with Gasteiger partial charge >= 0.3 is 0 Å². The van der Waals surface area contributed by atoms with Crippen LogP contribution in [0.4, 0.5) is 0 Å². The van der Waals surface area contributed by atoms with E-state index in [0.717, 1.165) is 29.8 Å². The lowest BCUT2D eigenvalue weighted by Crippen LogP contribution is -1.95. The van der Waals surface area contributed by atoms with Crippen molar-refractivity contribution in [2.24, 2.45) is 0 Å². The van der Waals surface area contributed by atoms with Crippen LogP contribution < -0.4 is 4.74 Å². The first kappa shape index (κ1) is 10.8. The van der Waals surface area contributed by atoms with Gasteiger partial charge in [0, 0.05) is 11.8 Å². The first-order valence-corrected chi connectivity index (χ1v) is 5.98. The van der Waals surface area contributed by atoms with Crippen molar-refractivity contribution in [3.05, 3.63) is 48.2 Å². The predicted molar refractivity (Wildman–Crippen MR) is 68.0 cm³/mol. The van der Waals surface area contributed by atoms with Crippen LogP contribution in [0.2, 0.25) is 0 Å². The molecule has 3 rings (SSSR count). The van der Waals surface area contributed by atoms with Gasteiger partial charge in [0.05, 0.1) is 17.4 Å². The highest BCUT2D eigenvalue weighted by Gasteiger charge is 2.23. The molecule has 3 heteroatoms. The quantitative estimate of drug-likeness (QED) is 0.822. The summed E-state index contributed by atoms with van der Waals surface area (Å²) in [6.45, 7) is 0. The summed E-state index contributed by atoms with van der Waals surface area (Å²) in [4.78, 5) is 4.28. The molecule has 1 aliphatic carbocycles. The van der Waals surface area contributed by atoms with Gasteiger partial charge in [0.15, 0.2) is 0 Å². The SMILES string of the molecule is N#Cc1ccc(-c2cccc(OC3CC3)c2)nc1. The van der Waals surface area contributed by atoms with Crippen molar-refractivity contribution in [3.63, 3.8) is 0 Å². The molecule has 0 saturated heterocycles. The van der Waals surface area contributed by atoms with Crippen LogP contribution in [0.25, 0.3) is 11.3 Å². The predicted octanol–water partition coefficient (Wildman–Crippen LogP) is 3.16. The molecule has 0 atom stereocenters. The summed E-state index contributed by atoms with van der Waals surface area (Å²) in [7, 11) is 0. The fraction of sp³-hybridized carbons (Fsp3) is 0.200. The summed E-state index contributed by atoms with van der Waals surface area (Å²) < 4.78 is 5.75. The lowest BCUT2D eigenvalue weighted by molar-refractivity contribution is 0.303. The van der Waals surface area contributed by atoms with Gasteiger partial charge in [-0.3, -0.25) is 4.98 Å². The van der Waals surface area contributed by atoms with Crippen LogP contribution >= 0.6 is 0 Å². The van der Waals surface area contributed by atoms with Crippen LogP contribution in [-0.4, -0.2) is 11.1 Å². The Hall–Kier alpha value is -2.34. The minimum Gasteiger partial charge on any atom is -0.490 e. The lowest BCUT2D eigenvalue weighted by atomic mass is 10.1. The van der Waals surface area contributed by atoms with Crippen LogP contribution in [0.5, 0.6) is 5.75 Å². The van der Waals surface area contributed by atoms with E-state index in [1.807, 2.05) is 30.3 Å². The molecule has 3 nitrogen and oxygen atoms in total. The lowest BCUT2D eigenvalue weighted by Gasteiger charge is -2.06. The Morgan fingerprint density at radius 2 is 2.11 bits per heavy atom. The van der Waals surface area contributed by atoms with Crippen molar-refractivity contribution in [1.82, 2.24) is 4.98 Å². The third-order valence-electron chi connectivity index (χ3n) is 2.85. The molecule has 0 bridgehead atoms. The minimum absolute atomic E-state index is 0.397. The third-order valence-corrected chi connectivity index (χ3v) is 2.85. The second-order valence-corrected chi connectivity index (χ2v) is 4.39. The van der Waals surface area contributed by atoms with Gasteiger partial charge in [-0.25, -0.2) is 0 Å². The van der Waals surface area contributed by atoms with Gasteiger partial charge in [-0.1, -0.05) is 12.1 Å². The number of pyridine rings is 1. The van der Waals surface area contributed by atoms with Crippen molar-refractivity contribution in [2.75, 3.05) is 0 Å². The Bertz CT molecular complexity index is 595. The number of nitrogens with zero attached hydrogens (tertiary/aromatic N) is 2. The number of hydrogen-bond acceptors (Lipinski definition) is 3. The van der Waals surface area contributed by atoms with Gasteiger partial charge in [-0.2, -0.15) is 5.26 Å². The van der Waals surface area contributed by atoms with Crippen molar-refractivity contribution in [1.29, 1.82) is 5.26 Å². The van der Waals surface area contributed by atoms with Gasteiger partial charge < -0.3 is 4.74 Å². The largest absolute Gasteiger partial charge is 0.490 e. The van der Waals surface area contributed by atoms with Gasteiger partial charge in [-0.15, -0.1) is 0 Å². The molecule has 2 aromatic rings. The van der Waals surface area contributed by atoms with E-state index < -0.39 is 0 Å². The van der Waals surface area contributed by atoms with E-state index in [2.05, 4.69) is 11.1 Å². The molecule has 0 spiro atoms. The first-order chi connectivity index (χ1) is 8.85. The number of benzene rings is 1. The van der Waals surface area contributed by atoms with E-state index in [0.29, 0.717) is 11.7 Å². The maximum Gasteiger partial charge on any atom is 0.120 e. The van der Waals surface area contributed by atoms with E-state index >= 15 is 0 Å². The molecule has 88 valence electrons. The summed E-state index contributed by atoms with van der Waals surface area (Å²) in [5, 5.41) is 8.74. The van der Waals surface area contributed by atoms with Crippen LogP contribution in [0.3, 0.4) is 0 Å². The molecular formula is C15H12N2O. The second kappa shape index (κ2) is 4.50. The zero-order chi connectivity index (χ0) is 12.4. The molecule has 0 radical (unpaired) electrons. The molecule has 0 amide bonds. The van der Waals surface area contributed by atoms with Crippen LogP contribution in [0.15, 0.2) is 42.6 Å². The van der Waals surface area contributed by atoms with E-state index in [1.165, 1.54) is 0 Å². The zero-order valence-corrected chi connectivity index (χ0v) is 9.84. The second-order valence-electron chi connectivity index (χ2n) is 4.39. The smallest absolute Gasteiger partial charge is 0.120 e. The number of aromatic nitrogens is 1. The average molecular weight is 236 g/mol. The molecular weight excluding hydrogens is 224 g/mol. The van der Waals surface area contributed by atoms with Crippen molar-refractivity contribution in [3.8, 4) is 23.1 Å². The Labute approximate surface area is 106 Å². The van der Waals surface area contributed by atoms with Crippen molar-refractivity contribution < 1.29 is 4.74 Å². The maximum absolute atomic E-state index is 8.74. The summed E-state index contributed by atoms with van der Waals surface area (Å²) in [6, 6.07) is 13.6. The fourth-order valence-electron chi connectivity index (χ4n) is 1.74. The molecule has 1 aromatic carbocycles. The van der Waals surface area contributed by atoms with Gasteiger partial charge in [0.1, 0.15) is 11.8 Å². The molecule has 1 aliphatic rings. The maximum atomic E-state index is 8.74. The summed E-state index contributed by atoms with van der Waals surface area (Å²) in [5.41, 5.74) is 2.44. The van der Waals surface area contributed by atoms with Crippen LogP contribution in [0.1, 0.15) is 18.4 Å². The van der Waals surface area contributed by atoms with E-state index in [-0.39, 0.29) is 0 Å². The Morgan fingerprint density at radius 1 is 1.22 bits per heavy atom. The summed E-state index contributed by atoms with van der Waals surface area (Å²) in [5.74, 6) is 0.890. The molecule has 0 aliphatic heterocycles. The molecule has 0 unspecified atom stereocenters. The number of hydrogen-bond donors (Lipinski definition) is 0. The average Bonchev–Trinajstić information content (AvgIpc) is 3.23. The highest BCUT2D eigenvalue weighted by atomic mass is 16.5. The van der Waals surface area contributed by atoms with E-state index in [4.69, 9.17) is 10.00 Å². The normalized spacial score (nSPS) is 13.9. The monoisotopic (exact) mass is 236 g/mol. The number of ether oxygens (including phenoxy) is 1. The Morgan fingerprint density at radius 3 is 2.78 bits per heavy atom. The molecule has 1 saturated carbocycles. The molecule has 18 heavy (non-hydrogen) atoms. The molecule has 1 aromatic heterocycles. The summed E-state index contributed by atoms with van der Waals surface area (Å²) >= 11 is 0. The number of rotatable bonds is 3. The minimum atomic E-state index is 0.397. The highest BCUT2D eigenvalue weighted by molar-refractivity contribution is 5.61. The Kier molecular flexibility index (Phi) is 2.70. The van der Waals surface area contributed by atoms with Gasteiger partial charge in [0.2, 0.25) is 0 Å². The van der Waals surface area contributed by atoms with Crippen LogP contribution in [-0.2, 0) is 0 Å². The van der Waals surface area contributed by atoms with E-state index in [1.54, 1.807) is 12.3 Å². The molecule has 0 N–H and O–H groups in total. The molecule has 1 fully saturated rings. The topological polar surface area (TPSA) is 45.9 Å². The fourth-order valence-corrected chi connectivity index (χ4v) is 1.74. The molecule has 1 heterocycles. The van der Waals surface area contributed by atoms with Crippen molar-refractivity contribution >= 4 is 0 Å². The zero-order valence-electron chi connectivity index (χ0n) is 9.84. The van der Waals surface area contributed by atoms with Gasteiger partial charge in [0.25, 0.3) is 0 Å². The van der Waals surface area contributed by atoms with Crippen molar-refractivity contribution in [2.45, 2.75) is 18.9 Å². The summed E-state index contributed by atoms with van der Waals surface area (Å²) in [6.07, 6.45) is 4.29. The first-order valence-electron chi connectivity index (χ1n) is 5.98. The van der Waals surface area contributed by atoms with Crippen LogP contribution in [0, 0.1) is 11.3 Å².